The first kappa shape index (κ1) is 15.6. The van der Waals surface area contributed by atoms with E-state index < -0.39 is 0 Å². The monoisotopic (exact) mass is 340 g/mol. The number of hydrogen-bond donors (Lipinski definition) is 1. The molecule has 0 aromatic carbocycles. The SMILES string of the molecule is O=C(NC1CCC(n2cnnc2)CC1)c1ccc(Cn2ccnc2)o1. The third-order valence-electron chi connectivity index (χ3n) is 4.67. The molecule has 3 aromatic rings. The van der Waals surface area contributed by atoms with Gasteiger partial charge >= 0.3 is 0 Å². The van der Waals surface area contributed by atoms with Gasteiger partial charge in [0.15, 0.2) is 5.76 Å². The molecule has 0 saturated heterocycles. The highest BCUT2D eigenvalue weighted by molar-refractivity contribution is 5.91. The number of hydrogen-bond acceptors (Lipinski definition) is 5. The van der Waals surface area contributed by atoms with E-state index in [1.807, 2.05) is 21.4 Å². The van der Waals surface area contributed by atoms with E-state index in [-0.39, 0.29) is 11.9 Å². The van der Waals surface area contributed by atoms with Crippen molar-refractivity contribution >= 4 is 5.91 Å². The Labute approximate surface area is 144 Å². The summed E-state index contributed by atoms with van der Waals surface area (Å²) in [6.45, 7) is 0.567. The molecule has 3 aromatic heterocycles. The third kappa shape index (κ3) is 3.62. The molecule has 3 heterocycles. The number of carbonyl (C=O) groups is 1. The predicted molar refractivity (Wildman–Crippen MR) is 88.8 cm³/mol. The molecule has 1 fully saturated rings. The quantitative estimate of drug-likeness (QED) is 0.767. The number of nitrogens with one attached hydrogen (secondary N) is 1. The number of rotatable bonds is 5. The molecule has 0 bridgehead atoms. The number of aromatic nitrogens is 5. The van der Waals surface area contributed by atoms with Gasteiger partial charge in [-0.05, 0) is 37.8 Å². The maximum absolute atomic E-state index is 12.4. The van der Waals surface area contributed by atoms with Gasteiger partial charge < -0.3 is 18.9 Å². The largest absolute Gasteiger partial charge is 0.454 e. The summed E-state index contributed by atoms with van der Waals surface area (Å²) in [5, 5.41) is 10.8. The normalized spacial score (nSPS) is 20.5. The Morgan fingerprint density at radius 3 is 2.68 bits per heavy atom. The summed E-state index contributed by atoms with van der Waals surface area (Å²) in [6.07, 6.45) is 12.7. The Morgan fingerprint density at radius 2 is 1.96 bits per heavy atom. The van der Waals surface area contributed by atoms with Gasteiger partial charge in [-0.25, -0.2) is 4.98 Å². The lowest BCUT2D eigenvalue weighted by Crippen LogP contribution is -2.37. The molecule has 1 aliphatic carbocycles. The molecule has 1 N–H and O–H groups in total. The summed E-state index contributed by atoms with van der Waals surface area (Å²) in [5.74, 6) is 0.945. The highest BCUT2D eigenvalue weighted by atomic mass is 16.4. The summed E-state index contributed by atoms with van der Waals surface area (Å²) in [6, 6.07) is 4.17. The summed E-state index contributed by atoms with van der Waals surface area (Å²) in [7, 11) is 0. The average Bonchev–Trinajstić information content (AvgIpc) is 3.39. The van der Waals surface area contributed by atoms with Crippen LogP contribution in [-0.2, 0) is 6.54 Å². The topological polar surface area (TPSA) is 90.8 Å². The van der Waals surface area contributed by atoms with Crippen molar-refractivity contribution in [2.24, 2.45) is 0 Å². The number of amides is 1. The van der Waals surface area contributed by atoms with E-state index in [0.29, 0.717) is 18.3 Å². The van der Waals surface area contributed by atoms with Crippen LogP contribution in [0.25, 0.3) is 0 Å². The summed E-state index contributed by atoms with van der Waals surface area (Å²) in [5.41, 5.74) is 0. The van der Waals surface area contributed by atoms with Gasteiger partial charge in [0.25, 0.3) is 5.91 Å². The van der Waals surface area contributed by atoms with Crippen LogP contribution in [0.1, 0.15) is 48.0 Å². The van der Waals surface area contributed by atoms with Gasteiger partial charge in [0.05, 0.1) is 12.9 Å². The van der Waals surface area contributed by atoms with Crippen LogP contribution in [0, 0.1) is 0 Å². The molecule has 130 valence electrons. The van der Waals surface area contributed by atoms with E-state index in [9.17, 15) is 4.79 Å². The number of imidazole rings is 1. The van der Waals surface area contributed by atoms with Crippen LogP contribution in [-0.4, -0.2) is 36.3 Å². The van der Waals surface area contributed by atoms with Crippen LogP contribution in [0.4, 0.5) is 0 Å². The fourth-order valence-electron chi connectivity index (χ4n) is 3.32. The van der Waals surface area contributed by atoms with Crippen LogP contribution < -0.4 is 5.32 Å². The van der Waals surface area contributed by atoms with Crippen molar-refractivity contribution in [2.75, 3.05) is 0 Å². The maximum atomic E-state index is 12.4. The molecule has 4 rings (SSSR count). The van der Waals surface area contributed by atoms with Crippen molar-refractivity contribution in [3.8, 4) is 0 Å². The van der Waals surface area contributed by atoms with Crippen molar-refractivity contribution in [1.29, 1.82) is 0 Å². The summed E-state index contributed by atoms with van der Waals surface area (Å²) >= 11 is 0. The molecule has 8 nitrogen and oxygen atoms in total. The summed E-state index contributed by atoms with van der Waals surface area (Å²) < 4.78 is 9.60. The maximum Gasteiger partial charge on any atom is 0.287 e. The molecular formula is C17H20N6O2. The Balaban J connectivity index is 1.30. The molecule has 0 spiro atoms. The van der Waals surface area contributed by atoms with Gasteiger partial charge in [-0.1, -0.05) is 0 Å². The zero-order chi connectivity index (χ0) is 17.1. The number of furan rings is 1. The zero-order valence-corrected chi connectivity index (χ0v) is 13.8. The first-order chi connectivity index (χ1) is 12.3. The van der Waals surface area contributed by atoms with Crippen molar-refractivity contribution in [3.63, 3.8) is 0 Å². The Bertz CT molecular complexity index is 800. The second kappa shape index (κ2) is 6.92. The highest BCUT2D eigenvalue weighted by Gasteiger charge is 2.24. The van der Waals surface area contributed by atoms with E-state index >= 15 is 0 Å². The lowest BCUT2D eigenvalue weighted by molar-refractivity contribution is 0.0892. The Kier molecular flexibility index (Phi) is 4.32. The average molecular weight is 340 g/mol. The van der Waals surface area contributed by atoms with Crippen molar-refractivity contribution in [3.05, 3.63) is 55.0 Å². The molecular weight excluding hydrogens is 320 g/mol. The minimum atomic E-state index is -0.148. The summed E-state index contributed by atoms with van der Waals surface area (Å²) in [4.78, 5) is 16.4. The highest BCUT2D eigenvalue weighted by Crippen LogP contribution is 2.28. The third-order valence-corrected chi connectivity index (χ3v) is 4.67. The standard InChI is InChI=1S/C17H20N6O2/c24-17(16-6-5-15(25-16)9-22-8-7-18-10-22)21-13-1-3-14(4-2-13)23-11-19-20-12-23/h5-8,10-14H,1-4,9H2,(H,21,24). The minimum absolute atomic E-state index is 0.148. The van der Waals surface area contributed by atoms with E-state index in [4.69, 9.17) is 4.42 Å². The van der Waals surface area contributed by atoms with Gasteiger partial charge in [0, 0.05) is 24.5 Å². The molecule has 1 saturated carbocycles. The predicted octanol–water partition coefficient (Wildman–Crippen LogP) is 2.03. The van der Waals surface area contributed by atoms with E-state index in [1.165, 1.54) is 0 Å². The first-order valence-corrected chi connectivity index (χ1v) is 8.47. The molecule has 0 radical (unpaired) electrons. The number of nitrogens with zero attached hydrogens (tertiary/aromatic N) is 5. The second-order valence-electron chi connectivity index (χ2n) is 6.39. The van der Waals surface area contributed by atoms with Crippen LogP contribution in [0.3, 0.4) is 0 Å². The van der Waals surface area contributed by atoms with Crippen molar-refractivity contribution in [1.82, 2.24) is 29.6 Å². The molecule has 8 heteroatoms. The van der Waals surface area contributed by atoms with Gasteiger partial charge in [0.1, 0.15) is 18.4 Å². The van der Waals surface area contributed by atoms with E-state index in [1.54, 1.807) is 31.2 Å². The van der Waals surface area contributed by atoms with Gasteiger partial charge in [0.2, 0.25) is 0 Å². The molecule has 0 aliphatic heterocycles. The minimum Gasteiger partial charge on any atom is -0.454 e. The smallest absolute Gasteiger partial charge is 0.287 e. The lowest BCUT2D eigenvalue weighted by Gasteiger charge is -2.29. The lowest BCUT2D eigenvalue weighted by atomic mass is 9.91. The first-order valence-electron chi connectivity index (χ1n) is 8.47. The van der Waals surface area contributed by atoms with Crippen LogP contribution in [0.5, 0.6) is 0 Å². The molecule has 1 amide bonds. The van der Waals surface area contributed by atoms with Crippen molar-refractivity contribution in [2.45, 2.75) is 44.3 Å². The Hall–Kier alpha value is -2.90. The second-order valence-corrected chi connectivity index (χ2v) is 6.39. The molecule has 25 heavy (non-hydrogen) atoms. The fourth-order valence-corrected chi connectivity index (χ4v) is 3.32. The van der Waals surface area contributed by atoms with Crippen LogP contribution >= 0.6 is 0 Å². The van der Waals surface area contributed by atoms with Gasteiger partial charge in [-0.15, -0.1) is 10.2 Å². The fraction of sp³-hybridized carbons (Fsp3) is 0.412. The van der Waals surface area contributed by atoms with E-state index in [0.717, 1.165) is 31.4 Å². The molecule has 0 atom stereocenters. The number of carbonyl (C=O) groups excluding carboxylic acids is 1. The Morgan fingerprint density at radius 1 is 1.16 bits per heavy atom. The van der Waals surface area contributed by atoms with Gasteiger partial charge in [-0.2, -0.15) is 0 Å². The zero-order valence-electron chi connectivity index (χ0n) is 13.8. The molecule has 1 aliphatic rings. The van der Waals surface area contributed by atoms with Crippen LogP contribution in [0.15, 0.2) is 47.9 Å². The van der Waals surface area contributed by atoms with Crippen LogP contribution in [0.2, 0.25) is 0 Å². The molecule has 0 unspecified atom stereocenters. The van der Waals surface area contributed by atoms with E-state index in [2.05, 4.69) is 20.5 Å². The van der Waals surface area contributed by atoms with Gasteiger partial charge in [-0.3, -0.25) is 4.79 Å². The van der Waals surface area contributed by atoms with Crippen molar-refractivity contribution < 1.29 is 9.21 Å².